The fourth-order valence-corrected chi connectivity index (χ4v) is 2.47. The van der Waals surface area contributed by atoms with Crippen molar-refractivity contribution >= 4 is 17.4 Å². The molecule has 0 unspecified atom stereocenters. The van der Waals surface area contributed by atoms with Gasteiger partial charge in [0, 0.05) is 17.9 Å². The van der Waals surface area contributed by atoms with Crippen molar-refractivity contribution in [1.82, 2.24) is 0 Å². The average molecular weight is 195 g/mol. The molecule has 4 heteroatoms. The Kier molecular flexibility index (Phi) is 2.22. The van der Waals surface area contributed by atoms with Gasteiger partial charge in [0.05, 0.1) is 4.92 Å². The van der Waals surface area contributed by atoms with E-state index in [-0.39, 0.29) is 10.6 Å². The lowest BCUT2D eigenvalue weighted by atomic mass is 10.1. The Balaban J connectivity index is 2.40. The second-order valence-corrected chi connectivity index (χ2v) is 4.12. The summed E-state index contributed by atoms with van der Waals surface area (Å²) in [4.78, 5) is 10.2. The summed E-state index contributed by atoms with van der Waals surface area (Å²) in [6.07, 6.45) is 0.960. The van der Waals surface area contributed by atoms with Gasteiger partial charge in [0.2, 0.25) is 0 Å². The van der Waals surface area contributed by atoms with Crippen LogP contribution in [0.25, 0.3) is 0 Å². The molecule has 68 valence electrons. The summed E-state index contributed by atoms with van der Waals surface area (Å²) in [5.74, 6) is 2.07. The predicted octanol–water partition coefficient (Wildman–Crippen LogP) is 2.38. The van der Waals surface area contributed by atoms with E-state index in [1.54, 1.807) is 12.1 Å². The summed E-state index contributed by atoms with van der Waals surface area (Å²) in [7, 11) is 0. The molecule has 2 rings (SSSR count). The maximum absolute atomic E-state index is 10.5. The number of hydrogen-bond donors (Lipinski definition) is 0. The SMILES string of the molecule is O=[N+]([O-])c1ccc2c(c1)CCSC2. The highest BCUT2D eigenvalue weighted by molar-refractivity contribution is 7.98. The Morgan fingerprint density at radius 3 is 3.00 bits per heavy atom. The van der Waals surface area contributed by atoms with Crippen molar-refractivity contribution in [2.24, 2.45) is 0 Å². The van der Waals surface area contributed by atoms with Gasteiger partial charge in [0.25, 0.3) is 5.69 Å². The van der Waals surface area contributed by atoms with Gasteiger partial charge in [-0.1, -0.05) is 6.07 Å². The quantitative estimate of drug-likeness (QED) is 0.510. The minimum Gasteiger partial charge on any atom is -0.258 e. The van der Waals surface area contributed by atoms with Gasteiger partial charge in [0.1, 0.15) is 0 Å². The molecule has 0 fully saturated rings. The highest BCUT2D eigenvalue weighted by Crippen LogP contribution is 2.27. The van der Waals surface area contributed by atoms with Crippen LogP contribution in [0.5, 0.6) is 0 Å². The fraction of sp³-hybridized carbons (Fsp3) is 0.333. The van der Waals surface area contributed by atoms with E-state index >= 15 is 0 Å². The van der Waals surface area contributed by atoms with E-state index in [0.29, 0.717) is 0 Å². The molecule has 0 bridgehead atoms. The molecule has 0 radical (unpaired) electrons. The van der Waals surface area contributed by atoms with Gasteiger partial charge in [0.15, 0.2) is 0 Å². The van der Waals surface area contributed by atoms with Crippen molar-refractivity contribution in [3.8, 4) is 0 Å². The van der Waals surface area contributed by atoms with Gasteiger partial charge in [-0.25, -0.2) is 0 Å². The van der Waals surface area contributed by atoms with Crippen LogP contribution in [0, 0.1) is 10.1 Å². The zero-order chi connectivity index (χ0) is 9.26. The molecule has 0 N–H and O–H groups in total. The van der Waals surface area contributed by atoms with Crippen LogP contribution in [0.4, 0.5) is 5.69 Å². The Bertz CT molecular complexity index is 351. The zero-order valence-corrected chi connectivity index (χ0v) is 7.84. The monoisotopic (exact) mass is 195 g/mol. The van der Waals surface area contributed by atoms with Crippen LogP contribution in [0.3, 0.4) is 0 Å². The van der Waals surface area contributed by atoms with Crippen LogP contribution in [0.1, 0.15) is 11.1 Å². The van der Waals surface area contributed by atoms with E-state index in [1.165, 1.54) is 5.56 Å². The number of nitro groups is 1. The predicted molar refractivity (Wildman–Crippen MR) is 53.0 cm³/mol. The maximum atomic E-state index is 10.5. The lowest BCUT2D eigenvalue weighted by Gasteiger charge is -2.13. The molecule has 3 nitrogen and oxygen atoms in total. The molecule has 0 spiro atoms. The summed E-state index contributed by atoms with van der Waals surface area (Å²) >= 11 is 1.88. The van der Waals surface area contributed by atoms with Crippen molar-refractivity contribution in [3.63, 3.8) is 0 Å². The van der Waals surface area contributed by atoms with Gasteiger partial charge in [-0.3, -0.25) is 10.1 Å². The third kappa shape index (κ3) is 1.67. The lowest BCUT2D eigenvalue weighted by Crippen LogP contribution is -2.02. The van der Waals surface area contributed by atoms with E-state index < -0.39 is 0 Å². The number of rotatable bonds is 1. The Morgan fingerprint density at radius 1 is 1.38 bits per heavy atom. The molecule has 1 aliphatic rings. The zero-order valence-electron chi connectivity index (χ0n) is 7.03. The molecule has 13 heavy (non-hydrogen) atoms. The minimum absolute atomic E-state index is 0.214. The summed E-state index contributed by atoms with van der Waals surface area (Å²) in [5.41, 5.74) is 2.61. The Hall–Kier alpha value is -1.03. The maximum Gasteiger partial charge on any atom is 0.269 e. The lowest BCUT2D eigenvalue weighted by molar-refractivity contribution is -0.384. The highest BCUT2D eigenvalue weighted by atomic mass is 32.2. The third-order valence-corrected chi connectivity index (χ3v) is 3.18. The van der Waals surface area contributed by atoms with Gasteiger partial charge >= 0.3 is 0 Å². The third-order valence-electron chi connectivity index (χ3n) is 2.17. The minimum atomic E-state index is -0.331. The topological polar surface area (TPSA) is 43.1 Å². The van der Waals surface area contributed by atoms with Crippen molar-refractivity contribution < 1.29 is 4.92 Å². The van der Waals surface area contributed by atoms with Crippen molar-refractivity contribution in [3.05, 3.63) is 39.4 Å². The Labute approximate surface area is 80.3 Å². The van der Waals surface area contributed by atoms with E-state index in [4.69, 9.17) is 0 Å². The fourth-order valence-electron chi connectivity index (χ4n) is 1.46. The van der Waals surface area contributed by atoms with Crippen molar-refractivity contribution in [2.45, 2.75) is 12.2 Å². The molecule has 1 aromatic rings. The molecule has 1 aromatic carbocycles. The molecule has 0 saturated heterocycles. The van der Waals surface area contributed by atoms with E-state index in [2.05, 4.69) is 0 Å². The van der Waals surface area contributed by atoms with Crippen LogP contribution >= 0.6 is 11.8 Å². The standard InChI is InChI=1S/C9H9NO2S/c11-10(12)9-2-1-8-6-13-4-3-7(8)5-9/h1-2,5H,3-4,6H2. The average Bonchev–Trinajstić information content (AvgIpc) is 2.17. The largest absolute Gasteiger partial charge is 0.269 e. The number of hydrogen-bond acceptors (Lipinski definition) is 3. The second-order valence-electron chi connectivity index (χ2n) is 3.01. The molecule has 0 aliphatic carbocycles. The number of nitrogens with zero attached hydrogens (tertiary/aromatic N) is 1. The highest BCUT2D eigenvalue weighted by Gasteiger charge is 2.13. The number of non-ortho nitro benzene ring substituents is 1. The second kappa shape index (κ2) is 3.38. The van der Waals surface area contributed by atoms with E-state index in [9.17, 15) is 10.1 Å². The van der Waals surface area contributed by atoms with Crippen LogP contribution < -0.4 is 0 Å². The first-order chi connectivity index (χ1) is 6.27. The van der Waals surface area contributed by atoms with Gasteiger partial charge in [-0.05, 0) is 23.3 Å². The summed E-state index contributed by atoms with van der Waals surface area (Å²) in [6, 6.07) is 5.17. The van der Waals surface area contributed by atoms with Crippen LogP contribution in [0.2, 0.25) is 0 Å². The number of benzene rings is 1. The number of aryl methyl sites for hydroxylation is 1. The number of thioether (sulfide) groups is 1. The smallest absolute Gasteiger partial charge is 0.258 e. The summed E-state index contributed by atoms with van der Waals surface area (Å²) in [5, 5.41) is 10.5. The van der Waals surface area contributed by atoms with Crippen LogP contribution in [-0.2, 0) is 12.2 Å². The molecule has 0 aromatic heterocycles. The summed E-state index contributed by atoms with van der Waals surface area (Å²) < 4.78 is 0. The van der Waals surface area contributed by atoms with Gasteiger partial charge < -0.3 is 0 Å². The normalized spacial score (nSPS) is 15.1. The summed E-state index contributed by atoms with van der Waals surface area (Å²) in [6.45, 7) is 0. The Morgan fingerprint density at radius 2 is 2.23 bits per heavy atom. The number of nitro benzene ring substituents is 1. The van der Waals surface area contributed by atoms with E-state index in [1.807, 2.05) is 17.8 Å². The molecule has 1 heterocycles. The first kappa shape index (κ1) is 8.56. The van der Waals surface area contributed by atoms with E-state index in [0.717, 1.165) is 23.5 Å². The molecular weight excluding hydrogens is 186 g/mol. The molecule has 0 saturated carbocycles. The first-order valence-electron chi connectivity index (χ1n) is 4.11. The van der Waals surface area contributed by atoms with Crippen LogP contribution in [0.15, 0.2) is 18.2 Å². The first-order valence-corrected chi connectivity index (χ1v) is 5.27. The molecule has 0 amide bonds. The van der Waals surface area contributed by atoms with Gasteiger partial charge in [-0.15, -0.1) is 0 Å². The molecular formula is C9H9NO2S. The van der Waals surface area contributed by atoms with Crippen molar-refractivity contribution in [1.29, 1.82) is 0 Å². The number of fused-ring (bicyclic) bond motifs is 1. The molecule has 1 aliphatic heterocycles. The van der Waals surface area contributed by atoms with Crippen molar-refractivity contribution in [2.75, 3.05) is 5.75 Å². The van der Waals surface area contributed by atoms with Crippen LogP contribution in [-0.4, -0.2) is 10.7 Å². The van der Waals surface area contributed by atoms with Gasteiger partial charge in [-0.2, -0.15) is 11.8 Å². The molecule has 0 atom stereocenters.